The minimum atomic E-state index is -0.712. The summed E-state index contributed by atoms with van der Waals surface area (Å²) in [6, 6.07) is 4.47. The Morgan fingerprint density at radius 2 is 1.90 bits per heavy atom. The van der Waals surface area contributed by atoms with E-state index in [1.54, 1.807) is 18.2 Å². The van der Waals surface area contributed by atoms with Crippen molar-refractivity contribution in [3.63, 3.8) is 0 Å². The quantitative estimate of drug-likeness (QED) is 0.396. The lowest BCUT2D eigenvalue weighted by atomic mass is 9.87. The molecule has 160 valence electrons. The minimum absolute atomic E-state index is 0.179. The zero-order valence-corrected chi connectivity index (χ0v) is 16.7. The molecule has 9 heteroatoms. The van der Waals surface area contributed by atoms with Crippen molar-refractivity contribution in [3.05, 3.63) is 34.9 Å². The molecule has 2 heterocycles. The summed E-state index contributed by atoms with van der Waals surface area (Å²) in [6.45, 7) is 0.197. The van der Waals surface area contributed by atoms with Gasteiger partial charge in [0, 0.05) is 24.9 Å². The summed E-state index contributed by atoms with van der Waals surface area (Å²) in [6.07, 6.45) is 3.33. The number of nitrogens with two attached hydrogens (primary N) is 2. The maximum absolute atomic E-state index is 12.9. The average Bonchev–Trinajstić information content (AvgIpc) is 3.01. The first kappa shape index (κ1) is 21.5. The monoisotopic (exact) mass is 414 g/mol. The van der Waals surface area contributed by atoms with Gasteiger partial charge in [0.15, 0.2) is 0 Å². The molecule has 0 aliphatic carbocycles. The third-order valence-electron chi connectivity index (χ3n) is 5.75. The summed E-state index contributed by atoms with van der Waals surface area (Å²) in [5.74, 6) is -2.50. The fourth-order valence-electron chi connectivity index (χ4n) is 4.21. The molecule has 1 fully saturated rings. The Balaban J connectivity index is 1.76. The zero-order valence-electron chi connectivity index (χ0n) is 16.7. The highest BCUT2D eigenvalue weighted by molar-refractivity contribution is 6.05. The van der Waals surface area contributed by atoms with Gasteiger partial charge < -0.3 is 16.4 Å². The molecule has 5 N–H and O–H groups in total. The molecule has 2 unspecified atom stereocenters. The Hall–Kier alpha value is -3.23. The number of carbonyl (C=O) groups excluding carboxylic acids is 5. The Kier molecular flexibility index (Phi) is 6.49. The second-order valence-corrected chi connectivity index (χ2v) is 7.79. The molecule has 0 saturated carbocycles. The van der Waals surface area contributed by atoms with Gasteiger partial charge in [-0.25, -0.2) is 0 Å². The lowest BCUT2D eigenvalue weighted by molar-refractivity contribution is -0.137. The van der Waals surface area contributed by atoms with Gasteiger partial charge in [-0.2, -0.15) is 0 Å². The summed E-state index contributed by atoms with van der Waals surface area (Å²) in [4.78, 5) is 61.1. The molecular weight excluding hydrogens is 388 g/mol. The third kappa shape index (κ3) is 4.50. The first-order valence-corrected chi connectivity index (χ1v) is 10.1. The number of imide groups is 1. The van der Waals surface area contributed by atoms with E-state index in [4.69, 9.17) is 11.5 Å². The summed E-state index contributed by atoms with van der Waals surface area (Å²) in [5, 5.41) is 2.28. The van der Waals surface area contributed by atoms with Crippen LogP contribution in [0.1, 0.15) is 72.3 Å². The van der Waals surface area contributed by atoms with Gasteiger partial charge >= 0.3 is 0 Å². The van der Waals surface area contributed by atoms with Gasteiger partial charge in [-0.05, 0) is 36.5 Å². The molecule has 2 aliphatic rings. The SMILES string of the molecule is NC(=O)CCCCCC(C(N)=O)c1cccc2c1CN(C1CCC(=O)NC1=O)C2=O. The van der Waals surface area contributed by atoms with Crippen LogP contribution in [0.2, 0.25) is 0 Å². The van der Waals surface area contributed by atoms with Gasteiger partial charge in [0.05, 0.1) is 5.92 Å². The zero-order chi connectivity index (χ0) is 21.8. The molecule has 2 aliphatic heterocycles. The summed E-state index contributed by atoms with van der Waals surface area (Å²) in [7, 11) is 0. The van der Waals surface area contributed by atoms with Crippen molar-refractivity contribution in [1.82, 2.24) is 10.2 Å². The number of fused-ring (bicyclic) bond motifs is 1. The van der Waals surface area contributed by atoms with Crippen molar-refractivity contribution in [2.24, 2.45) is 11.5 Å². The van der Waals surface area contributed by atoms with Crippen LogP contribution in [0.4, 0.5) is 0 Å². The van der Waals surface area contributed by atoms with E-state index in [0.717, 1.165) is 6.42 Å². The maximum atomic E-state index is 12.9. The van der Waals surface area contributed by atoms with Crippen LogP contribution in [-0.2, 0) is 25.7 Å². The standard InChI is InChI=1S/C21H26N4O5/c22-17(26)8-3-1-2-5-13(19(23)28)12-6-4-7-14-15(12)11-25(21(14)30)16-9-10-18(27)24-20(16)29/h4,6-7,13,16H,1-3,5,8-11H2,(H2,22,26)(H2,23,28)(H,24,27,29). The van der Waals surface area contributed by atoms with Gasteiger partial charge in [0.2, 0.25) is 23.6 Å². The molecule has 0 aromatic heterocycles. The second-order valence-electron chi connectivity index (χ2n) is 7.79. The number of amides is 5. The Morgan fingerprint density at radius 3 is 2.57 bits per heavy atom. The number of piperidine rings is 1. The molecule has 3 rings (SSSR count). The number of nitrogens with one attached hydrogen (secondary N) is 1. The van der Waals surface area contributed by atoms with E-state index in [1.165, 1.54) is 4.90 Å². The highest BCUT2D eigenvalue weighted by Crippen LogP contribution is 2.34. The van der Waals surface area contributed by atoms with E-state index in [1.807, 2.05) is 0 Å². The lowest BCUT2D eigenvalue weighted by Crippen LogP contribution is -2.52. The van der Waals surface area contributed by atoms with E-state index in [2.05, 4.69) is 5.32 Å². The number of carbonyl (C=O) groups is 5. The summed E-state index contributed by atoms with van der Waals surface area (Å²) < 4.78 is 0. The molecule has 1 aromatic carbocycles. The second kappa shape index (κ2) is 9.06. The molecule has 5 amide bonds. The molecule has 30 heavy (non-hydrogen) atoms. The van der Waals surface area contributed by atoms with Crippen LogP contribution in [0.3, 0.4) is 0 Å². The predicted molar refractivity (Wildman–Crippen MR) is 107 cm³/mol. The van der Waals surface area contributed by atoms with E-state index in [9.17, 15) is 24.0 Å². The van der Waals surface area contributed by atoms with Crippen LogP contribution in [0, 0.1) is 0 Å². The summed E-state index contributed by atoms with van der Waals surface area (Å²) in [5.41, 5.74) is 12.7. The number of hydrogen-bond donors (Lipinski definition) is 3. The van der Waals surface area contributed by atoms with E-state index >= 15 is 0 Å². The Labute approximate surface area is 174 Å². The number of hydrogen-bond acceptors (Lipinski definition) is 5. The summed E-state index contributed by atoms with van der Waals surface area (Å²) >= 11 is 0. The van der Waals surface area contributed by atoms with Gasteiger partial charge in [-0.15, -0.1) is 0 Å². The number of unbranched alkanes of at least 4 members (excludes halogenated alkanes) is 2. The molecular formula is C21H26N4O5. The largest absolute Gasteiger partial charge is 0.370 e. The molecule has 0 bridgehead atoms. The molecule has 1 saturated heterocycles. The van der Waals surface area contributed by atoms with Crippen molar-refractivity contribution >= 4 is 29.5 Å². The fourth-order valence-corrected chi connectivity index (χ4v) is 4.21. The van der Waals surface area contributed by atoms with E-state index in [0.29, 0.717) is 42.4 Å². The first-order valence-electron chi connectivity index (χ1n) is 10.1. The third-order valence-corrected chi connectivity index (χ3v) is 5.75. The van der Waals surface area contributed by atoms with E-state index in [-0.39, 0.29) is 37.1 Å². The topological polar surface area (TPSA) is 153 Å². The Morgan fingerprint density at radius 1 is 1.13 bits per heavy atom. The van der Waals surface area contributed by atoms with Crippen molar-refractivity contribution < 1.29 is 24.0 Å². The molecule has 1 aromatic rings. The number of benzene rings is 1. The van der Waals surface area contributed by atoms with Crippen molar-refractivity contribution in [3.8, 4) is 0 Å². The van der Waals surface area contributed by atoms with Crippen molar-refractivity contribution in [2.45, 2.75) is 63.5 Å². The highest BCUT2D eigenvalue weighted by Gasteiger charge is 2.40. The first-order chi connectivity index (χ1) is 14.3. The van der Waals surface area contributed by atoms with Crippen LogP contribution >= 0.6 is 0 Å². The maximum Gasteiger partial charge on any atom is 0.255 e. The normalized spacial score (nSPS) is 19.4. The molecule has 2 atom stereocenters. The van der Waals surface area contributed by atoms with Gasteiger partial charge in [-0.1, -0.05) is 25.0 Å². The Bertz CT molecular complexity index is 897. The molecule has 0 radical (unpaired) electrons. The molecule has 0 spiro atoms. The van der Waals surface area contributed by atoms with Crippen LogP contribution in [-0.4, -0.2) is 40.5 Å². The van der Waals surface area contributed by atoms with Crippen molar-refractivity contribution in [2.75, 3.05) is 0 Å². The lowest BCUT2D eigenvalue weighted by Gasteiger charge is -2.29. The van der Waals surface area contributed by atoms with Crippen LogP contribution in [0.15, 0.2) is 18.2 Å². The van der Waals surface area contributed by atoms with Gasteiger partial charge in [0.1, 0.15) is 6.04 Å². The van der Waals surface area contributed by atoms with Crippen LogP contribution in [0.25, 0.3) is 0 Å². The van der Waals surface area contributed by atoms with Gasteiger partial charge in [0.25, 0.3) is 5.91 Å². The minimum Gasteiger partial charge on any atom is -0.370 e. The van der Waals surface area contributed by atoms with Gasteiger partial charge in [-0.3, -0.25) is 29.3 Å². The number of primary amides is 2. The highest BCUT2D eigenvalue weighted by atomic mass is 16.2. The van der Waals surface area contributed by atoms with E-state index < -0.39 is 23.8 Å². The number of nitrogens with zero attached hydrogens (tertiary/aromatic N) is 1. The number of rotatable bonds is 9. The molecule has 9 nitrogen and oxygen atoms in total. The van der Waals surface area contributed by atoms with Crippen molar-refractivity contribution in [1.29, 1.82) is 0 Å². The predicted octanol–water partition coefficient (Wildman–Crippen LogP) is 0.452. The fraction of sp³-hybridized carbons (Fsp3) is 0.476. The van der Waals surface area contributed by atoms with Crippen LogP contribution in [0.5, 0.6) is 0 Å². The van der Waals surface area contributed by atoms with Crippen LogP contribution < -0.4 is 16.8 Å². The average molecular weight is 414 g/mol. The smallest absolute Gasteiger partial charge is 0.255 e.